The fourth-order valence-corrected chi connectivity index (χ4v) is 1.89. The number of rotatable bonds is 3. The molecule has 0 aliphatic carbocycles. The average molecular weight is 269 g/mol. The number of fused-ring (bicyclic) bond motifs is 1. The molecule has 0 aliphatic heterocycles. The fraction of sp³-hybridized carbons (Fsp3) is 0.0714. The molecular formula is C14H11N3O3. The number of methoxy groups -OCH3 is 1. The van der Waals surface area contributed by atoms with Gasteiger partial charge in [-0.2, -0.15) is 5.10 Å². The first-order valence-electron chi connectivity index (χ1n) is 5.90. The lowest BCUT2D eigenvalue weighted by Crippen LogP contribution is -2.00. The highest BCUT2D eigenvalue weighted by Crippen LogP contribution is 2.22. The molecule has 2 heterocycles. The maximum Gasteiger partial charge on any atom is 0.338 e. The number of benzene rings is 1. The van der Waals surface area contributed by atoms with Crippen LogP contribution in [-0.4, -0.2) is 32.8 Å². The quantitative estimate of drug-likeness (QED) is 0.788. The molecule has 0 saturated carbocycles. The minimum Gasteiger partial charge on any atom is -0.497 e. The van der Waals surface area contributed by atoms with E-state index in [1.54, 1.807) is 13.2 Å². The molecule has 2 aromatic heterocycles. The lowest BCUT2D eigenvalue weighted by atomic mass is 10.1. The van der Waals surface area contributed by atoms with Gasteiger partial charge >= 0.3 is 5.97 Å². The summed E-state index contributed by atoms with van der Waals surface area (Å²) in [5, 5.41) is 13.3. The summed E-state index contributed by atoms with van der Waals surface area (Å²) in [4.78, 5) is 15.0. The van der Waals surface area contributed by atoms with E-state index in [1.807, 2.05) is 24.3 Å². The Morgan fingerprint density at radius 3 is 2.70 bits per heavy atom. The maximum absolute atomic E-state index is 10.9. The Balaban J connectivity index is 2.05. The van der Waals surface area contributed by atoms with Crippen LogP contribution in [0, 0.1) is 0 Å². The van der Waals surface area contributed by atoms with Crippen LogP contribution in [0.2, 0.25) is 0 Å². The van der Waals surface area contributed by atoms with Gasteiger partial charge in [-0.1, -0.05) is 0 Å². The van der Waals surface area contributed by atoms with Gasteiger partial charge in [-0.3, -0.25) is 0 Å². The van der Waals surface area contributed by atoms with E-state index in [9.17, 15) is 4.79 Å². The Morgan fingerprint density at radius 2 is 2.05 bits per heavy atom. The molecule has 1 N–H and O–H groups in total. The highest BCUT2D eigenvalue weighted by atomic mass is 16.5. The molecule has 0 fully saturated rings. The summed E-state index contributed by atoms with van der Waals surface area (Å²) < 4.78 is 6.56. The van der Waals surface area contributed by atoms with Crippen LogP contribution in [0.15, 0.2) is 42.7 Å². The predicted octanol–water partition coefficient (Wildman–Crippen LogP) is 2.10. The molecule has 1 aromatic carbocycles. The first-order chi connectivity index (χ1) is 9.67. The van der Waals surface area contributed by atoms with E-state index in [-0.39, 0.29) is 5.56 Å². The van der Waals surface area contributed by atoms with E-state index >= 15 is 0 Å². The number of carbonyl (C=O) groups is 1. The third kappa shape index (κ3) is 2.07. The van der Waals surface area contributed by atoms with E-state index in [4.69, 9.17) is 9.84 Å². The van der Waals surface area contributed by atoms with Gasteiger partial charge in [-0.05, 0) is 24.3 Å². The Labute approximate surface area is 114 Å². The Hall–Kier alpha value is -2.89. The lowest BCUT2D eigenvalue weighted by molar-refractivity contribution is 0.0695. The van der Waals surface area contributed by atoms with Crippen LogP contribution in [-0.2, 0) is 0 Å². The second kappa shape index (κ2) is 4.65. The van der Waals surface area contributed by atoms with Gasteiger partial charge < -0.3 is 9.84 Å². The second-order valence-electron chi connectivity index (χ2n) is 4.21. The molecule has 3 aromatic rings. The minimum absolute atomic E-state index is 0.0990. The number of hydrogen-bond acceptors (Lipinski definition) is 4. The normalized spacial score (nSPS) is 10.7. The van der Waals surface area contributed by atoms with Crippen molar-refractivity contribution in [3.05, 3.63) is 48.3 Å². The van der Waals surface area contributed by atoms with Crippen molar-refractivity contribution in [1.82, 2.24) is 14.6 Å². The maximum atomic E-state index is 10.9. The Kier molecular flexibility index (Phi) is 2.83. The topological polar surface area (TPSA) is 76.7 Å². The molecule has 0 saturated heterocycles. The van der Waals surface area contributed by atoms with Crippen LogP contribution in [0.3, 0.4) is 0 Å². The first-order valence-corrected chi connectivity index (χ1v) is 5.90. The molecule has 0 spiro atoms. The third-order valence-corrected chi connectivity index (χ3v) is 2.95. The van der Waals surface area contributed by atoms with Crippen molar-refractivity contribution >= 4 is 11.6 Å². The van der Waals surface area contributed by atoms with E-state index in [1.165, 1.54) is 16.9 Å². The molecule has 6 heteroatoms. The minimum atomic E-state index is -1.03. The molecular weight excluding hydrogens is 258 g/mol. The van der Waals surface area contributed by atoms with E-state index in [0.717, 1.165) is 17.0 Å². The number of carboxylic acids is 1. The highest BCUT2D eigenvalue weighted by Gasteiger charge is 2.09. The zero-order chi connectivity index (χ0) is 14.1. The predicted molar refractivity (Wildman–Crippen MR) is 71.9 cm³/mol. The van der Waals surface area contributed by atoms with Crippen LogP contribution in [0.1, 0.15) is 10.4 Å². The van der Waals surface area contributed by atoms with Crippen LogP contribution in [0.5, 0.6) is 5.75 Å². The van der Waals surface area contributed by atoms with Crippen LogP contribution >= 0.6 is 0 Å². The number of aromatic nitrogens is 3. The zero-order valence-corrected chi connectivity index (χ0v) is 10.6. The van der Waals surface area contributed by atoms with Gasteiger partial charge in [0.15, 0.2) is 5.65 Å². The summed E-state index contributed by atoms with van der Waals surface area (Å²) in [7, 11) is 1.61. The standard InChI is InChI=1S/C14H11N3O3/c1-20-11-4-2-9(3-5-11)12-6-13-15-7-10(14(18)19)8-17(13)16-12/h2-8H,1H3,(H,18,19). The van der Waals surface area contributed by atoms with Crippen molar-refractivity contribution < 1.29 is 14.6 Å². The number of aromatic carboxylic acids is 1. The Morgan fingerprint density at radius 1 is 1.30 bits per heavy atom. The zero-order valence-electron chi connectivity index (χ0n) is 10.6. The molecule has 0 aliphatic rings. The molecule has 0 atom stereocenters. The molecule has 0 bridgehead atoms. The Bertz CT molecular complexity index is 778. The van der Waals surface area contributed by atoms with Crippen molar-refractivity contribution in [2.24, 2.45) is 0 Å². The summed E-state index contributed by atoms with van der Waals surface area (Å²) in [6.45, 7) is 0. The number of hydrogen-bond donors (Lipinski definition) is 1. The summed E-state index contributed by atoms with van der Waals surface area (Å²) in [5.74, 6) is -0.260. The molecule has 0 amide bonds. The van der Waals surface area contributed by atoms with Gasteiger partial charge in [-0.15, -0.1) is 0 Å². The summed E-state index contributed by atoms with van der Waals surface area (Å²) >= 11 is 0. The molecule has 0 unspecified atom stereocenters. The average Bonchev–Trinajstić information content (AvgIpc) is 2.90. The molecule has 3 rings (SSSR count). The smallest absolute Gasteiger partial charge is 0.338 e. The van der Waals surface area contributed by atoms with Gasteiger partial charge in [0.05, 0.1) is 18.4 Å². The van der Waals surface area contributed by atoms with E-state index < -0.39 is 5.97 Å². The summed E-state index contributed by atoms with van der Waals surface area (Å²) in [6, 6.07) is 9.26. The number of nitrogens with zero attached hydrogens (tertiary/aromatic N) is 3. The van der Waals surface area contributed by atoms with Crippen LogP contribution < -0.4 is 4.74 Å². The van der Waals surface area contributed by atoms with Crippen LogP contribution in [0.25, 0.3) is 16.9 Å². The number of ether oxygens (including phenoxy) is 1. The molecule has 0 radical (unpaired) electrons. The fourth-order valence-electron chi connectivity index (χ4n) is 1.89. The van der Waals surface area contributed by atoms with Crippen LogP contribution in [0.4, 0.5) is 0 Å². The van der Waals surface area contributed by atoms with Gasteiger partial charge in [0, 0.05) is 24.0 Å². The third-order valence-electron chi connectivity index (χ3n) is 2.95. The second-order valence-corrected chi connectivity index (χ2v) is 4.21. The van der Waals surface area contributed by atoms with E-state index in [2.05, 4.69) is 10.1 Å². The molecule has 20 heavy (non-hydrogen) atoms. The van der Waals surface area contributed by atoms with Gasteiger partial charge in [0.1, 0.15) is 5.75 Å². The van der Waals surface area contributed by atoms with Crippen molar-refractivity contribution in [3.8, 4) is 17.0 Å². The van der Waals surface area contributed by atoms with Crippen molar-refractivity contribution in [2.45, 2.75) is 0 Å². The lowest BCUT2D eigenvalue weighted by Gasteiger charge is -2.00. The number of carboxylic acid groups (broad SMARTS) is 1. The van der Waals surface area contributed by atoms with E-state index in [0.29, 0.717) is 5.65 Å². The summed E-state index contributed by atoms with van der Waals surface area (Å²) in [5.41, 5.74) is 2.33. The highest BCUT2D eigenvalue weighted by molar-refractivity contribution is 5.87. The van der Waals surface area contributed by atoms with Gasteiger partial charge in [0.2, 0.25) is 0 Å². The molecule has 100 valence electrons. The SMILES string of the molecule is COc1ccc(-c2cc3ncc(C(=O)O)cn3n2)cc1. The van der Waals surface area contributed by atoms with Gasteiger partial charge in [-0.25, -0.2) is 14.3 Å². The molecule has 6 nitrogen and oxygen atoms in total. The van der Waals surface area contributed by atoms with Crippen molar-refractivity contribution in [1.29, 1.82) is 0 Å². The van der Waals surface area contributed by atoms with Crippen molar-refractivity contribution in [3.63, 3.8) is 0 Å². The van der Waals surface area contributed by atoms with Gasteiger partial charge in [0.25, 0.3) is 0 Å². The largest absolute Gasteiger partial charge is 0.497 e. The summed E-state index contributed by atoms with van der Waals surface area (Å²) in [6.07, 6.45) is 2.76. The van der Waals surface area contributed by atoms with Crippen molar-refractivity contribution in [2.75, 3.05) is 7.11 Å². The first kappa shape index (κ1) is 12.2. The monoisotopic (exact) mass is 269 g/mol.